The number of aliphatic hydroxyl groups is 1. The summed E-state index contributed by atoms with van der Waals surface area (Å²) in [5.74, 6) is -0.288. The number of carbonyl (C=O) groups excluding carboxylic acids is 1. The number of aromatic nitrogens is 1. The van der Waals surface area contributed by atoms with Crippen LogP contribution in [0.15, 0.2) is 36.5 Å². The summed E-state index contributed by atoms with van der Waals surface area (Å²) in [6.45, 7) is 1.91. The Labute approximate surface area is 143 Å². The highest BCUT2D eigenvalue weighted by atomic mass is 19.4. The van der Waals surface area contributed by atoms with Crippen molar-refractivity contribution in [2.75, 3.05) is 6.54 Å². The molecule has 1 fully saturated rings. The number of benzene rings is 1. The Morgan fingerprint density at radius 1 is 1.28 bits per heavy atom. The van der Waals surface area contributed by atoms with Crippen molar-refractivity contribution in [1.82, 2.24) is 9.47 Å². The van der Waals surface area contributed by atoms with Crippen LogP contribution in [0.2, 0.25) is 0 Å². The van der Waals surface area contributed by atoms with E-state index >= 15 is 0 Å². The van der Waals surface area contributed by atoms with Gasteiger partial charge in [0, 0.05) is 19.8 Å². The number of β-amino-alcohol motifs (C(OH)–C–C–N with tert-alkyl or cyclic N) is 1. The molecule has 1 aromatic heterocycles. The van der Waals surface area contributed by atoms with Gasteiger partial charge in [-0.05, 0) is 42.7 Å². The molecule has 0 bridgehead atoms. The smallest absolute Gasteiger partial charge is 0.391 e. The highest BCUT2D eigenvalue weighted by Crippen LogP contribution is 2.37. The van der Waals surface area contributed by atoms with Gasteiger partial charge in [0.15, 0.2) is 0 Å². The molecule has 7 heteroatoms. The number of likely N-dealkylation sites (tertiary alicyclic amines) is 1. The van der Waals surface area contributed by atoms with Crippen LogP contribution in [-0.4, -0.2) is 33.1 Å². The number of rotatable bonds is 2. The molecule has 1 N–H and O–H groups in total. The van der Waals surface area contributed by atoms with E-state index in [0.29, 0.717) is 11.3 Å². The van der Waals surface area contributed by atoms with Gasteiger partial charge in [-0.15, -0.1) is 0 Å². The fourth-order valence-corrected chi connectivity index (χ4v) is 3.39. The average Bonchev–Trinajstić information content (AvgIpc) is 3.09. The van der Waals surface area contributed by atoms with E-state index in [2.05, 4.69) is 0 Å². The number of alkyl halides is 3. The van der Waals surface area contributed by atoms with Crippen molar-refractivity contribution in [1.29, 1.82) is 0 Å². The van der Waals surface area contributed by atoms with Gasteiger partial charge in [0.1, 0.15) is 5.69 Å². The van der Waals surface area contributed by atoms with Crippen LogP contribution in [0.1, 0.15) is 39.6 Å². The Hall–Kier alpha value is -2.28. The number of carbonyl (C=O) groups is 1. The zero-order chi connectivity index (χ0) is 18.4. The Kier molecular flexibility index (Phi) is 4.36. The molecule has 0 spiro atoms. The standard InChI is InChI=1S/C18H19F3N2O2/c1-11-6-7-22(2)16(11)17(25)23-10-14(24)9-15(23)12-4-3-5-13(8-12)18(19,20)21/h3-8,14-15,24H,9-10H2,1-2H3/t14-,15+/m1/s1. The van der Waals surface area contributed by atoms with Gasteiger partial charge in [0.25, 0.3) is 5.91 Å². The quantitative estimate of drug-likeness (QED) is 0.901. The molecular formula is C18H19F3N2O2. The molecule has 2 heterocycles. The lowest BCUT2D eigenvalue weighted by Crippen LogP contribution is -2.33. The lowest BCUT2D eigenvalue weighted by atomic mass is 10.0. The van der Waals surface area contributed by atoms with Gasteiger partial charge >= 0.3 is 6.18 Å². The fraction of sp³-hybridized carbons (Fsp3) is 0.389. The van der Waals surface area contributed by atoms with Gasteiger partial charge < -0.3 is 14.6 Å². The first-order valence-corrected chi connectivity index (χ1v) is 7.96. The van der Waals surface area contributed by atoms with Gasteiger partial charge in [-0.1, -0.05) is 12.1 Å². The van der Waals surface area contributed by atoms with Crippen LogP contribution in [-0.2, 0) is 13.2 Å². The maximum absolute atomic E-state index is 13.0. The first-order chi connectivity index (χ1) is 11.7. The Balaban J connectivity index is 1.97. The number of hydrogen-bond acceptors (Lipinski definition) is 2. The van der Waals surface area contributed by atoms with Gasteiger partial charge in [0.05, 0.1) is 17.7 Å². The van der Waals surface area contributed by atoms with E-state index < -0.39 is 23.9 Å². The second-order valence-electron chi connectivity index (χ2n) is 6.44. The number of halogens is 3. The van der Waals surface area contributed by atoms with Crippen LogP contribution in [0.4, 0.5) is 13.2 Å². The number of amides is 1. The third-order valence-corrected chi connectivity index (χ3v) is 4.62. The Bertz CT molecular complexity index is 778. The fourth-order valence-electron chi connectivity index (χ4n) is 3.39. The zero-order valence-corrected chi connectivity index (χ0v) is 13.9. The maximum Gasteiger partial charge on any atom is 0.416 e. The minimum absolute atomic E-state index is 0.102. The van der Waals surface area contributed by atoms with Crippen LogP contribution in [0.25, 0.3) is 0 Å². The van der Waals surface area contributed by atoms with E-state index in [0.717, 1.165) is 17.7 Å². The maximum atomic E-state index is 13.0. The summed E-state index contributed by atoms with van der Waals surface area (Å²) < 4.78 is 40.6. The Morgan fingerprint density at radius 2 is 2.00 bits per heavy atom. The number of hydrogen-bond donors (Lipinski definition) is 1. The van der Waals surface area contributed by atoms with Gasteiger partial charge in [-0.2, -0.15) is 13.2 Å². The van der Waals surface area contributed by atoms with E-state index in [1.54, 1.807) is 36.9 Å². The lowest BCUT2D eigenvalue weighted by molar-refractivity contribution is -0.137. The first kappa shape index (κ1) is 17.5. The van der Waals surface area contributed by atoms with Crippen LogP contribution in [0.3, 0.4) is 0 Å². The van der Waals surface area contributed by atoms with Crippen molar-refractivity contribution < 1.29 is 23.1 Å². The molecule has 25 heavy (non-hydrogen) atoms. The average molecular weight is 352 g/mol. The van der Waals surface area contributed by atoms with Crippen LogP contribution in [0.5, 0.6) is 0 Å². The molecule has 2 atom stereocenters. The van der Waals surface area contributed by atoms with Crippen molar-refractivity contribution in [3.63, 3.8) is 0 Å². The summed E-state index contributed by atoms with van der Waals surface area (Å²) in [7, 11) is 1.74. The summed E-state index contributed by atoms with van der Waals surface area (Å²) in [6, 6.07) is 6.18. The summed E-state index contributed by atoms with van der Waals surface area (Å²) in [5.41, 5.74) is 0.892. The normalized spacial score (nSPS) is 21.0. The van der Waals surface area contributed by atoms with Crippen molar-refractivity contribution in [3.05, 3.63) is 58.9 Å². The van der Waals surface area contributed by atoms with Crippen LogP contribution >= 0.6 is 0 Å². The second-order valence-corrected chi connectivity index (χ2v) is 6.44. The van der Waals surface area contributed by atoms with E-state index in [1.165, 1.54) is 11.0 Å². The molecule has 2 aromatic rings. The number of aryl methyl sites for hydroxylation is 2. The summed E-state index contributed by atoms with van der Waals surface area (Å²) in [5, 5.41) is 10.0. The largest absolute Gasteiger partial charge is 0.416 e. The molecule has 1 aliphatic heterocycles. The van der Waals surface area contributed by atoms with Crippen molar-refractivity contribution in [2.45, 2.75) is 31.7 Å². The SMILES string of the molecule is Cc1ccn(C)c1C(=O)N1C[C@H](O)C[C@H]1c1cccc(C(F)(F)F)c1. The van der Waals surface area contributed by atoms with Crippen LogP contribution < -0.4 is 0 Å². The molecule has 0 radical (unpaired) electrons. The van der Waals surface area contributed by atoms with Crippen molar-refractivity contribution in [3.8, 4) is 0 Å². The topological polar surface area (TPSA) is 45.5 Å². The molecule has 1 saturated heterocycles. The van der Waals surface area contributed by atoms with Gasteiger partial charge in [-0.3, -0.25) is 4.79 Å². The molecule has 4 nitrogen and oxygen atoms in total. The highest BCUT2D eigenvalue weighted by Gasteiger charge is 2.38. The molecule has 134 valence electrons. The van der Waals surface area contributed by atoms with Crippen molar-refractivity contribution in [2.24, 2.45) is 7.05 Å². The molecule has 0 unspecified atom stereocenters. The third kappa shape index (κ3) is 3.28. The van der Waals surface area contributed by atoms with E-state index in [4.69, 9.17) is 0 Å². The monoisotopic (exact) mass is 352 g/mol. The molecule has 1 aromatic carbocycles. The molecule has 1 aliphatic rings. The summed E-state index contributed by atoms with van der Waals surface area (Å²) >= 11 is 0. The second kappa shape index (κ2) is 6.22. The Morgan fingerprint density at radius 3 is 2.60 bits per heavy atom. The molecular weight excluding hydrogens is 333 g/mol. The molecule has 0 aliphatic carbocycles. The first-order valence-electron chi connectivity index (χ1n) is 7.96. The minimum Gasteiger partial charge on any atom is -0.391 e. The lowest BCUT2D eigenvalue weighted by Gasteiger charge is -2.26. The predicted molar refractivity (Wildman–Crippen MR) is 86.0 cm³/mol. The van der Waals surface area contributed by atoms with Gasteiger partial charge in [-0.25, -0.2) is 0 Å². The van der Waals surface area contributed by atoms with E-state index in [-0.39, 0.29) is 18.9 Å². The molecule has 3 rings (SSSR count). The minimum atomic E-state index is -4.45. The summed E-state index contributed by atoms with van der Waals surface area (Å²) in [4.78, 5) is 14.4. The van der Waals surface area contributed by atoms with E-state index in [9.17, 15) is 23.1 Å². The number of aliphatic hydroxyl groups excluding tert-OH is 1. The van der Waals surface area contributed by atoms with E-state index in [1.807, 2.05) is 0 Å². The number of nitrogens with zero attached hydrogens (tertiary/aromatic N) is 2. The summed E-state index contributed by atoms with van der Waals surface area (Å²) in [6.07, 6.45) is -3.23. The molecule has 0 saturated carbocycles. The van der Waals surface area contributed by atoms with Crippen molar-refractivity contribution >= 4 is 5.91 Å². The van der Waals surface area contributed by atoms with Crippen LogP contribution in [0, 0.1) is 6.92 Å². The molecule has 1 amide bonds. The zero-order valence-electron chi connectivity index (χ0n) is 13.9. The highest BCUT2D eigenvalue weighted by molar-refractivity contribution is 5.94. The van der Waals surface area contributed by atoms with Gasteiger partial charge in [0.2, 0.25) is 0 Å². The third-order valence-electron chi connectivity index (χ3n) is 4.62. The predicted octanol–water partition coefficient (Wildman–Crippen LogP) is 3.30.